The minimum atomic E-state index is -0.555. The molecule has 0 saturated carbocycles. The Bertz CT molecular complexity index is 1060. The molecular weight excluding hydrogens is 390 g/mol. The van der Waals surface area contributed by atoms with E-state index in [1.165, 1.54) is 5.57 Å². The molecule has 0 spiro atoms. The maximum Gasteiger partial charge on any atom is 0.419 e. The molecule has 1 aliphatic carbocycles. The Balaban J connectivity index is 1.79. The van der Waals surface area contributed by atoms with Crippen LogP contribution in [-0.4, -0.2) is 64.7 Å². The number of nitrogens with zero attached hydrogens (tertiary/aromatic N) is 3. The first-order valence-electron chi connectivity index (χ1n) is 11.2. The van der Waals surface area contributed by atoms with Crippen molar-refractivity contribution in [2.24, 2.45) is 5.92 Å². The van der Waals surface area contributed by atoms with Crippen LogP contribution in [0.1, 0.15) is 45.7 Å². The molecule has 2 atom stereocenters. The number of hydrogen-bond acceptors (Lipinski definition) is 4. The van der Waals surface area contributed by atoms with Gasteiger partial charge >= 0.3 is 6.09 Å². The zero-order valence-electron chi connectivity index (χ0n) is 19.4. The van der Waals surface area contributed by atoms with Gasteiger partial charge in [-0.1, -0.05) is 18.2 Å². The summed E-state index contributed by atoms with van der Waals surface area (Å²) in [5.41, 5.74) is 3.77. The molecule has 0 saturated heterocycles. The van der Waals surface area contributed by atoms with Crippen LogP contribution >= 0.6 is 0 Å². The van der Waals surface area contributed by atoms with E-state index >= 15 is 0 Å². The SMILES string of the molecule is CCN(CC)C(=O)[C@@H]1C=C2c3cccc4c3c(cn4C(=O)OC(C)(C)C)C[C@H]2N(C)C1. The lowest BCUT2D eigenvalue weighted by atomic mass is 9.79. The second kappa shape index (κ2) is 7.83. The normalized spacial score (nSPS) is 20.9. The Kier molecular flexibility index (Phi) is 5.46. The molecule has 2 aliphatic rings. The number of amides is 1. The second-order valence-corrected chi connectivity index (χ2v) is 9.60. The van der Waals surface area contributed by atoms with Gasteiger partial charge in [0.1, 0.15) is 5.60 Å². The molecule has 31 heavy (non-hydrogen) atoms. The fraction of sp³-hybridized carbons (Fsp3) is 0.520. The summed E-state index contributed by atoms with van der Waals surface area (Å²) in [4.78, 5) is 30.1. The van der Waals surface area contributed by atoms with E-state index in [4.69, 9.17) is 4.74 Å². The van der Waals surface area contributed by atoms with Crippen LogP contribution in [0, 0.1) is 5.92 Å². The third-order valence-corrected chi connectivity index (χ3v) is 6.37. The molecule has 0 bridgehead atoms. The lowest BCUT2D eigenvalue weighted by Crippen LogP contribution is -2.47. The van der Waals surface area contributed by atoms with Crippen LogP contribution < -0.4 is 0 Å². The van der Waals surface area contributed by atoms with E-state index in [0.717, 1.165) is 41.5 Å². The maximum atomic E-state index is 13.1. The fourth-order valence-electron chi connectivity index (χ4n) is 4.94. The van der Waals surface area contributed by atoms with Crippen molar-refractivity contribution >= 4 is 28.5 Å². The number of aromatic nitrogens is 1. The minimum Gasteiger partial charge on any atom is -0.443 e. The first-order valence-corrected chi connectivity index (χ1v) is 11.2. The number of fused-ring (bicyclic) bond motifs is 2. The molecule has 0 N–H and O–H groups in total. The molecule has 0 fully saturated rings. The van der Waals surface area contributed by atoms with E-state index in [2.05, 4.69) is 24.1 Å². The number of rotatable bonds is 3. The van der Waals surface area contributed by atoms with Crippen molar-refractivity contribution < 1.29 is 14.3 Å². The molecule has 1 aromatic carbocycles. The maximum absolute atomic E-state index is 13.1. The standard InChI is InChI=1S/C25H33N3O3/c1-7-27(8-2)23(29)17-12-19-18-10-9-11-20-22(18)16(13-21(19)26(6)14-17)15-28(20)24(30)31-25(3,4)5/h9-12,15,17,21H,7-8,13-14H2,1-6H3/t17-,21-/m1/s1. The summed E-state index contributed by atoms with van der Waals surface area (Å²) >= 11 is 0. The van der Waals surface area contributed by atoms with Crippen molar-refractivity contribution in [3.63, 3.8) is 0 Å². The Morgan fingerprint density at radius 3 is 2.55 bits per heavy atom. The minimum absolute atomic E-state index is 0.152. The van der Waals surface area contributed by atoms with Crippen LogP contribution in [0.25, 0.3) is 16.5 Å². The van der Waals surface area contributed by atoms with E-state index < -0.39 is 5.60 Å². The molecular formula is C25H33N3O3. The Morgan fingerprint density at radius 2 is 1.90 bits per heavy atom. The summed E-state index contributed by atoms with van der Waals surface area (Å²) in [6.07, 6.45) is 4.56. The summed E-state index contributed by atoms with van der Waals surface area (Å²) in [5, 5.41) is 1.10. The molecule has 0 radical (unpaired) electrons. The van der Waals surface area contributed by atoms with Gasteiger partial charge < -0.3 is 9.64 Å². The van der Waals surface area contributed by atoms with Crippen molar-refractivity contribution in [2.45, 2.75) is 52.7 Å². The summed E-state index contributed by atoms with van der Waals surface area (Å²) < 4.78 is 7.27. The van der Waals surface area contributed by atoms with Gasteiger partial charge in [0.05, 0.1) is 11.4 Å². The third kappa shape index (κ3) is 3.78. The number of ether oxygens (including phenoxy) is 1. The van der Waals surface area contributed by atoms with E-state index in [-0.39, 0.29) is 24.0 Å². The van der Waals surface area contributed by atoms with Gasteiger partial charge in [-0.25, -0.2) is 4.79 Å². The number of likely N-dealkylation sites (N-methyl/N-ethyl adjacent to an activating group) is 1. The van der Waals surface area contributed by atoms with Crippen molar-refractivity contribution in [2.75, 3.05) is 26.7 Å². The molecule has 0 unspecified atom stereocenters. The topological polar surface area (TPSA) is 54.8 Å². The number of carbonyl (C=O) groups is 2. The van der Waals surface area contributed by atoms with Gasteiger partial charge in [0.25, 0.3) is 0 Å². The number of benzene rings is 1. The first kappa shape index (κ1) is 21.6. The predicted molar refractivity (Wildman–Crippen MR) is 123 cm³/mol. The summed E-state index contributed by atoms with van der Waals surface area (Å²) in [5.74, 6) is 0.0352. The van der Waals surface area contributed by atoms with Crippen LogP contribution in [0.5, 0.6) is 0 Å². The molecule has 6 heteroatoms. The van der Waals surface area contributed by atoms with E-state index in [1.807, 2.05) is 57.8 Å². The Labute approximate surface area is 184 Å². The fourth-order valence-corrected chi connectivity index (χ4v) is 4.94. The van der Waals surface area contributed by atoms with Gasteiger partial charge in [-0.3, -0.25) is 14.3 Å². The zero-order valence-corrected chi connectivity index (χ0v) is 19.4. The lowest BCUT2D eigenvalue weighted by molar-refractivity contribution is -0.134. The Morgan fingerprint density at radius 1 is 1.19 bits per heavy atom. The molecule has 2 heterocycles. The third-order valence-electron chi connectivity index (χ3n) is 6.37. The highest BCUT2D eigenvalue weighted by molar-refractivity contribution is 6.02. The highest BCUT2D eigenvalue weighted by Crippen LogP contribution is 2.42. The summed E-state index contributed by atoms with van der Waals surface area (Å²) in [7, 11) is 2.09. The van der Waals surface area contributed by atoms with Crippen molar-refractivity contribution in [3.05, 3.63) is 41.6 Å². The molecule has 1 aliphatic heterocycles. The average molecular weight is 424 g/mol. The van der Waals surface area contributed by atoms with Crippen LogP contribution in [0.2, 0.25) is 0 Å². The first-order chi connectivity index (χ1) is 14.6. The zero-order chi connectivity index (χ0) is 22.5. The van der Waals surface area contributed by atoms with Crippen LogP contribution in [0.4, 0.5) is 4.79 Å². The van der Waals surface area contributed by atoms with Gasteiger partial charge in [-0.2, -0.15) is 0 Å². The molecule has 1 amide bonds. The van der Waals surface area contributed by atoms with Crippen molar-refractivity contribution in [1.82, 2.24) is 14.4 Å². The number of hydrogen-bond donors (Lipinski definition) is 0. The molecule has 1 aromatic heterocycles. The van der Waals surface area contributed by atoms with E-state index in [0.29, 0.717) is 6.54 Å². The highest BCUT2D eigenvalue weighted by atomic mass is 16.6. The van der Waals surface area contributed by atoms with E-state index in [9.17, 15) is 9.59 Å². The van der Waals surface area contributed by atoms with Gasteiger partial charge in [-0.05, 0) is 70.9 Å². The molecule has 6 nitrogen and oxygen atoms in total. The second-order valence-electron chi connectivity index (χ2n) is 9.60. The van der Waals surface area contributed by atoms with Crippen LogP contribution in [0.3, 0.4) is 0 Å². The predicted octanol–water partition coefficient (Wildman–Crippen LogP) is 4.16. The van der Waals surface area contributed by atoms with Crippen LogP contribution in [0.15, 0.2) is 30.5 Å². The molecule has 2 aromatic rings. The molecule has 166 valence electrons. The molecule has 4 rings (SSSR count). The van der Waals surface area contributed by atoms with Crippen molar-refractivity contribution in [1.29, 1.82) is 0 Å². The quantitative estimate of drug-likeness (QED) is 0.744. The van der Waals surface area contributed by atoms with Crippen molar-refractivity contribution in [3.8, 4) is 0 Å². The largest absolute Gasteiger partial charge is 0.443 e. The smallest absolute Gasteiger partial charge is 0.419 e. The van der Waals surface area contributed by atoms with Gasteiger partial charge in [-0.15, -0.1) is 0 Å². The number of carbonyl (C=O) groups excluding carboxylic acids is 2. The van der Waals surface area contributed by atoms with Crippen LogP contribution in [-0.2, 0) is 16.0 Å². The lowest BCUT2D eigenvalue weighted by Gasteiger charge is -2.40. The highest BCUT2D eigenvalue weighted by Gasteiger charge is 2.37. The van der Waals surface area contributed by atoms with Gasteiger partial charge in [0.15, 0.2) is 0 Å². The van der Waals surface area contributed by atoms with E-state index in [1.54, 1.807) is 4.57 Å². The summed E-state index contributed by atoms with van der Waals surface area (Å²) in [6.45, 7) is 11.8. The summed E-state index contributed by atoms with van der Waals surface area (Å²) in [6, 6.07) is 6.27. The average Bonchev–Trinajstić information content (AvgIpc) is 3.08. The Hall–Kier alpha value is -2.60. The van der Waals surface area contributed by atoms with Gasteiger partial charge in [0.2, 0.25) is 5.91 Å². The monoisotopic (exact) mass is 423 g/mol. The van der Waals surface area contributed by atoms with Gasteiger partial charge in [0, 0.05) is 37.3 Å².